The number of nitro benzene ring substituents is 1. The molecule has 3 aromatic rings. The van der Waals surface area contributed by atoms with Gasteiger partial charge in [0.2, 0.25) is 17.8 Å². The first kappa shape index (κ1) is 26.2. The van der Waals surface area contributed by atoms with Gasteiger partial charge in [0.25, 0.3) is 5.69 Å². The number of benzene rings is 2. The van der Waals surface area contributed by atoms with Crippen molar-refractivity contribution in [1.82, 2.24) is 15.0 Å². The molecule has 1 N–H and O–H groups in total. The number of nitro groups is 1. The summed E-state index contributed by atoms with van der Waals surface area (Å²) >= 11 is 7.27. The summed E-state index contributed by atoms with van der Waals surface area (Å²) in [6.07, 6.45) is 8.47. The van der Waals surface area contributed by atoms with Crippen molar-refractivity contribution >= 4 is 53.1 Å². The molecule has 0 radical (unpaired) electrons. The molecule has 198 valence electrons. The second-order valence-corrected chi connectivity index (χ2v) is 10.8. The number of nitrogens with one attached hydrogen (secondary N) is 1. The third kappa shape index (κ3) is 6.70. The molecule has 0 bridgehead atoms. The highest BCUT2D eigenvalue weighted by Crippen LogP contribution is 2.35. The molecule has 0 unspecified atom stereocenters. The van der Waals surface area contributed by atoms with Crippen LogP contribution < -0.4 is 15.2 Å². The molecule has 5 rings (SSSR count). The number of nitrogens with zero attached hydrogens (tertiary/aromatic N) is 7. The lowest BCUT2D eigenvalue weighted by atomic mass is 10.1. The van der Waals surface area contributed by atoms with Crippen LogP contribution in [0.25, 0.3) is 0 Å². The fourth-order valence-electron chi connectivity index (χ4n) is 4.51. The van der Waals surface area contributed by atoms with Gasteiger partial charge in [-0.05, 0) is 68.9 Å². The minimum absolute atomic E-state index is 0.00818. The summed E-state index contributed by atoms with van der Waals surface area (Å²) in [5.74, 6) is 1.69. The molecule has 2 aliphatic heterocycles. The molecule has 3 heterocycles. The SMILES string of the molecule is O=[N+]([O-])c1cc(/C=N\Nc2nc(N3CCCCC3)nc(N3CCCCC3)n2)ccc1Sc1ccc(Cl)cc1. The number of piperidine rings is 2. The Hall–Kier alpha value is -3.44. The maximum absolute atomic E-state index is 11.8. The van der Waals surface area contributed by atoms with Crippen LogP contribution in [0.5, 0.6) is 0 Å². The molecule has 0 atom stereocenters. The average Bonchev–Trinajstić information content (AvgIpc) is 2.95. The topological polar surface area (TPSA) is 113 Å². The number of hydrogen-bond acceptors (Lipinski definition) is 10. The van der Waals surface area contributed by atoms with Crippen molar-refractivity contribution in [2.75, 3.05) is 41.4 Å². The number of aromatic nitrogens is 3. The van der Waals surface area contributed by atoms with Crippen molar-refractivity contribution in [3.63, 3.8) is 0 Å². The Morgan fingerprint density at radius 2 is 1.50 bits per heavy atom. The number of hydrazone groups is 1. The molecule has 2 aromatic carbocycles. The monoisotopic (exact) mass is 552 g/mol. The molecule has 12 heteroatoms. The molecule has 0 saturated carbocycles. The van der Waals surface area contributed by atoms with Gasteiger partial charge in [-0.2, -0.15) is 20.1 Å². The molecule has 2 fully saturated rings. The van der Waals surface area contributed by atoms with Crippen molar-refractivity contribution in [3.8, 4) is 0 Å². The molecule has 38 heavy (non-hydrogen) atoms. The van der Waals surface area contributed by atoms with Crippen molar-refractivity contribution in [2.24, 2.45) is 5.10 Å². The molecular weight excluding hydrogens is 524 g/mol. The van der Waals surface area contributed by atoms with Crippen LogP contribution in [0, 0.1) is 10.1 Å². The van der Waals surface area contributed by atoms with Gasteiger partial charge in [-0.1, -0.05) is 29.4 Å². The fourth-order valence-corrected chi connectivity index (χ4v) is 5.54. The molecule has 0 spiro atoms. The first-order valence-electron chi connectivity index (χ1n) is 12.8. The van der Waals surface area contributed by atoms with E-state index in [1.807, 2.05) is 12.1 Å². The highest BCUT2D eigenvalue weighted by atomic mass is 35.5. The summed E-state index contributed by atoms with van der Waals surface area (Å²) in [6.45, 7) is 3.71. The van der Waals surface area contributed by atoms with E-state index >= 15 is 0 Å². The van der Waals surface area contributed by atoms with Crippen molar-refractivity contribution in [3.05, 3.63) is 63.2 Å². The molecule has 0 amide bonds. The van der Waals surface area contributed by atoms with E-state index < -0.39 is 0 Å². The third-order valence-electron chi connectivity index (χ3n) is 6.49. The zero-order valence-electron chi connectivity index (χ0n) is 20.9. The van der Waals surface area contributed by atoms with Gasteiger partial charge in [0.15, 0.2) is 0 Å². The van der Waals surface area contributed by atoms with Crippen LogP contribution in [0.1, 0.15) is 44.1 Å². The Morgan fingerprint density at radius 3 is 2.08 bits per heavy atom. The smallest absolute Gasteiger partial charge is 0.283 e. The fraction of sp³-hybridized carbons (Fsp3) is 0.385. The zero-order chi connectivity index (χ0) is 26.3. The zero-order valence-corrected chi connectivity index (χ0v) is 22.5. The predicted octanol–water partition coefficient (Wildman–Crippen LogP) is 6.01. The maximum Gasteiger partial charge on any atom is 0.283 e. The van der Waals surface area contributed by atoms with E-state index in [4.69, 9.17) is 16.6 Å². The van der Waals surface area contributed by atoms with Gasteiger partial charge in [0, 0.05) is 47.7 Å². The molecule has 2 saturated heterocycles. The van der Waals surface area contributed by atoms with E-state index in [0.29, 0.717) is 33.3 Å². The Bertz CT molecular complexity index is 1260. The first-order chi connectivity index (χ1) is 18.5. The van der Waals surface area contributed by atoms with Gasteiger partial charge in [-0.3, -0.25) is 10.1 Å². The lowest BCUT2D eigenvalue weighted by Crippen LogP contribution is -2.34. The lowest BCUT2D eigenvalue weighted by molar-refractivity contribution is -0.387. The maximum atomic E-state index is 11.8. The summed E-state index contributed by atoms with van der Waals surface area (Å²) in [7, 11) is 0. The Kier molecular flexibility index (Phi) is 8.54. The van der Waals surface area contributed by atoms with Gasteiger partial charge in [-0.15, -0.1) is 0 Å². The summed E-state index contributed by atoms with van der Waals surface area (Å²) in [5.41, 5.74) is 3.52. The molecule has 2 aliphatic rings. The normalized spacial score (nSPS) is 16.1. The van der Waals surface area contributed by atoms with Crippen LogP contribution in [0.4, 0.5) is 23.5 Å². The highest BCUT2D eigenvalue weighted by molar-refractivity contribution is 7.99. The first-order valence-corrected chi connectivity index (χ1v) is 14.0. The predicted molar refractivity (Wildman–Crippen MR) is 152 cm³/mol. The molecule has 10 nitrogen and oxygen atoms in total. The van der Waals surface area contributed by atoms with Gasteiger partial charge in [0.05, 0.1) is 16.0 Å². The number of rotatable bonds is 8. The van der Waals surface area contributed by atoms with Gasteiger partial charge < -0.3 is 9.80 Å². The number of anilines is 3. The van der Waals surface area contributed by atoms with Crippen LogP contribution in [-0.4, -0.2) is 52.3 Å². The summed E-state index contributed by atoms with van der Waals surface area (Å²) in [6, 6.07) is 12.2. The van der Waals surface area contributed by atoms with E-state index in [9.17, 15) is 10.1 Å². The van der Waals surface area contributed by atoms with E-state index in [-0.39, 0.29) is 10.6 Å². The van der Waals surface area contributed by atoms with E-state index in [1.54, 1.807) is 24.3 Å². The van der Waals surface area contributed by atoms with Crippen LogP contribution in [0.2, 0.25) is 5.02 Å². The number of hydrogen-bond donors (Lipinski definition) is 1. The van der Waals surface area contributed by atoms with Gasteiger partial charge >= 0.3 is 0 Å². The van der Waals surface area contributed by atoms with Crippen LogP contribution in [-0.2, 0) is 0 Å². The van der Waals surface area contributed by atoms with Gasteiger partial charge in [0.1, 0.15) is 0 Å². The summed E-state index contributed by atoms with van der Waals surface area (Å²) in [5, 5.41) is 16.7. The highest BCUT2D eigenvalue weighted by Gasteiger charge is 2.20. The van der Waals surface area contributed by atoms with E-state index in [0.717, 1.165) is 56.8 Å². The Morgan fingerprint density at radius 1 is 0.895 bits per heavy atom. The Labute approximate surface area is 230 Å². The van der Waals surface area contributed by atoms with Crippen molar-refractivity contribution in [2.45, 2.75) is 48.3 Å². The summed E-state index contributed by atoms with van der Waals surface area (Å²) in [4.78, 5) is 31.2. The number of halogens is 1. The van der Waals surface area contributed by atoms with E-state index in [1.165, 1.54) is 36.9 Å². The van der Waals surface area contributed by atoms with Crippen LogP contribution >= 0.6 is 23.4 Å². The second kappa shape index (κ2) is 12.4. The Balaban J connectivity index is 1.34. The minimum atomic E-state index is -0.384. The van der Waals surface area contributed by atoms with Gasteiger partial charge in [-0.25, -0.2) is 5.43 Å². The molecule has 1 aromatic heterocycles. The lowest BCUT2D eigenvalue weighted by Gasteiger charge is -2.30. The molecular formula is C26H29ClN8O2S. The minimum Gasteiger partial charge on any atom is -0.341 e. The van der Waals surface area contributed by atoms with Crippen molar-refractivity contribution in [1.29, 1.82) is 0 Å². The second-order valence-electron chi connectivity index (χ2n) is 9.26. The largest absolute Gasteiger partial charge is 0.341 e. The summed E-state index contributed by atoms with van der Waals surface area (Å²) < 4.78 is 0. The van der Waals surface area contributed by atoms with Crippen LogP contribution in [0.3, 0.4) is 0 Å². The van der Waals surface area contributed by atoms with Crippen LogP contribution in [0.15, 0.2) is 57.4 Å². The third-order valence-corrected chi connectivity index (χ3v) is 7.81. The molecule has 0 aliphatic carbocycles. The van der Waals surface area contributed by atoms with Crippen molar-refractivity contribution < 1.29 is 4.92 Å². The average molecular weight is 553 g/mol. The standard InChI is InChI=1S/C26H29ClN8O2S/c27-20-8-10-21(11-9-20)38-23-12-7-19(17-22(23)35(36)37)18-28-32-24-29-25(33-13-3-1-4-14-33)31-26(30-24)34-15-5-2-6-16-34/h7-12,17-18H,1-6,13-16H2,(H,29,30,31,32)/b28-18-. The quantitative estimate of drug-likeness (QED) is 0.204. The van der Waals surface area contributed by atoms with E-state index in [2.05, 4.69) is 30.3 Å².